The van der Waals surface area contributed by atoms with Crippen LogP contribution in [0.3, 0.4) is 0 Å². The van der Waals surface area contributed by atoms with E-state index in [0.29, 0.717) is 13.0 Å². The molecular formula is C32H41N5O5. The highest BCUT2D eigenvalue weighted by Crippen LogP contribution is 2.26. The Balaban J connectivity index is 1.42. The fourth-order valence-electron chi connectivity index (χ4n) is 5.34. The number of hydrogen-bond donors (Lipinski definition) is 5. The largest absolute Gasteiger partial charge is 0.467 e. The van der Waals surface area contributed by atoms with Crippen molar-refractivity contribution >= 4 is 34.6 Å². The first kappa shape index (κ1) is 30.8. The molecule has 224 valence electrons. The van der Waals surface area contributed by atoms with Crippen LogP contribution in [0.4, 0.5) is 0 Å². The highest BCUT2D eigenvalue weighted by Gasteiger charge is 2.35. The molecule has 2 heterocycles. The number of carbonyl (C=O) groups is 4. The van der Waals surface area contributed by atoms with E-state index in [1.165, 1.54) is 7.11 Å². The Morgan fingerprint density at radius 2 is 1.48 bits per heavy atom. The van der Waals surface area contributed by atoms with Crippen LogP contribution in [-0.2, 0) is 43.3 Å². The number of esters is 1. The summed E-state index contributed by atoms with van der Waals surface area (Å²) in [6.07, 6.45) is 0.736. The lowest BCUT2D eigenvalue weighted by molar-refractivity contribution is -0.145. The van der Waals surface area contributed by atoms with Gasteiger partial charge in [-0.1, -0.05) is 76.2 Å². The molecule has 1 aliphatic heterocycles. The molecular weight excluding hydrogens is 534 g/mol. The maximum Gasteiger partial charge on any atom is 0.328 e. The second kappa shape index (κ2) is 13.7. The molecule has 1 aliphatic rings. The van der Waals surface area contributed by atoms with Crippen LogP contribution in [0.25, 0.3) is 10.9 Å². The zero-order valence-corrected chi connectivity index (χ0v) is 24.8. The minimum atomic E-state index is -0.930. The van der Waals surface area contributed by atoms with Gasteiger partial charge in [0.05, 0.1) is 13.2 Å². The van der Waals surface area contributed by atoms with E-state index >= 15 is 0 Å². The van der Waals surface area contributed by atoms with E-state index in [1.54, 1.807) is 0 Å². The standard InChI is InChI=1S/C32H41N5O5/c1-18(2)27(30(39)35-25(32(41)42-5)15-20-11-7-6-8-12-20)37-31(40)28(19(3)4)36-29(38)24-16-22-21-13-9-10-14-23(21)34-26(22)17-33-24/h6-14,18-19,24-25,27-28,33-34H,15-17H2,1-5H3,(H,35,39)(H,36,38)(H,37,40)/t24-,25+,27-,28+/m0/s1. The lowest BCUT2D eigenvalue weighted by atomic mass is 9.96. The number of methoxy groups -OCH3 is 1. The molecule has 2 aromatic carbocycles. The van der Waals surface area contributed by atoms with Crippen molar-refractivity contribution in [3.8, 4) is 0 Å². The highest BCUT2D eigenvalue weighted by atomic mass is 16.5. The molecule has 1 aromatic heterocycles. The number of carbonyl (C=O) groups excluding carboxylic acids is 4. The van der Waals surface area contributed by atoms with Crippen LogP contribution in [0.5, 0.6) is 0 Å². The average Bonchev–Trinajstić information content (AvgIpc) is 3.35. The Hall–Kier alpha value is -4.18. The molecule has 0 fully saturated rings. The minimum absolute atomic E-state index is 0.238. The third kappa shape index (κ3) is 7.17. The average molecular weight is 576 g/mol. The normalized spacial score (nSPS) is 16.8. The van der Waals surface area contributed by atoms with E-state index in [4.69, 9.17) is 4.74 Å². The molecule has 42 heavy (non-hydrogen) atoms. The van der Waals surface area contributed by atoms with Crippen LogP contribution < -0.4 is 21.3 Å². The quantitative estimate of drug-likeness (QED) is 0.222. The van der Waals surface area contributed by atoms with Crippen LogP contribution in [-0.4, -0.2) is 60.0 Å². The summed E-state index contributed by atoms with van der Waals surface area (Å²) in [5.41, 5.74) is 4.04. The van der Waals surface area contributed by atoms with Crippen molar-refractivity contribution in [1.29, 1.82) is 0 Å². The van der Waals surface area contributed by atoms with E-state index in [2.05, 4.69) is 26.3 Å². The fraction of sp³-hybridized carbons (Fsp3) is 0.438. The first-order chi connectivity index (χ1) is 20.1. The van der Waals surface area contributed by atoms with Gasteiger partial charge in [0.15, 0.2) is 0 Å². The molecule has 0 unspecified atom stereocenters. The van der Waals surface area contributed by atoms with Gasteiger partial charge in [0, 0.05) is 29.6 Å². The first-order valence-corrected chi connectivity index (χ1v) is 14.4. The first-order valence-electron chi connectivity index (χ1n) is 14.4. The van der Waals surface area contributed by atoms with Gasteiger partial charge in [0.1, 0.15) is 18.1 Å². The number of nitrogens with one attached hydrogen (secondary N) is 5. The van der Waals surface area contributed by atoms with Crippen molar-refractivity contribution in [2.75, 3.05) is 7.11 Å². The monoisotopic (exact) mass is 575 g/mol. The smallest absolute Gasteiger partial charge is 0.328 e. The Kier molecular flexibility index (Phi) is 10.0. The van der Waals surface area contributed by atoms with Gasteiger partial charge in [-0.25, -0.2) is 4.79 Å². The Labute approximate surface area is 246 Å². The van der Waals surface area contributed by atoms with Gasteiger partial charge in [0.25, 0.3) is 0 Å². The predicted molar refractivity (Wildman–Crippen MR) is 160 cm³/mol. The molecule has 0 aliphatic carbocycles. The molecule has 0 bridgehead atoms. The summed E-state index contributed by atoms with van der Waals surface area (Å²) in [7, 11) is 1.27. The van der Waals surface area contributed by atoms with Gasteiger partial charge >= 0.3 is 5.97 Å². The third-order valence-electron chi connectivity index (χ3n) is 7.73. The second-order valence-electron chi connectivity index (χ2n) is 11.5. The summed E-state index contributed by atoms with van der Waals surface area (Å²) in [5.74, 6) is -2.34. The molecule has 10 nitrogen and oxygen atoms in total. The number of benzene rings is 2. The van der Waals surface area contributed by atoms with Crippen LogP contribution in [0.15, 0.2) is 54.6 Å². The summed E-state index contributed by atoms with van der Waals surface area (Å²) in [6, 6.07) is 14.1. The van der Waals surface area contributed by atoms with E-state index in [9.17, 15) is 19.2 Å². The van der Waals surface area contributed by atoms with Gasteiger partial charge in [-0.05, 0) is 35.4 Å². The van der Waals surface area contributed by atoms with Gasteiger partial charge in [-0.2, -0.15) is 0 Å². The van der Waals surface area contributed by atoms with Crippen molar-refractivity contribution in [2.45, 2.75) is 71.2 Å². The number of aromatic nitrogens is 1. The number of H-pyrrole nitrogens is 1. The van der Waals surface area contributed by atoms with Gasteiger partial charge in [-0.15, -0.1) is 0 Å². The highest BCUT2D eigenvalue weighted by molar-refractivity contribution is 5.95. The van der Waals surface area contributed by atoms with E-state index in [0.717, 1.165) is 27.7 Å². The van der Waals surface area contributed by atoms with Crippen LogP contribution in [0, 0.1) is 11.8 Å². The number of rotatable bonds is 11. The molecule has 0 saturated carbocycles. The SMILES string of the molecule is COC(=O)[C@@H](Cc1ccccc1)NC(=O)[C@@H](NC(=O)[C@H](NC(=O)[C@@H]1Cc2c([nH]c3ccccc23)CN1)C(C)C)C(C)C. The number of ether oxygens (including phenoxy) is 1. The molecule has 0 radical (unpaired) electrons. The van der Waals surface area contributed by atoms with Gasteiger partial charge in [-0.3, -0.25) is 19.7 Å². The van der Waals surface area contributed by atoms with Crippen molar-refractivity contribution in [1.82, 2.24) is 26.3 Å². The Morgan fingerprint density at radius 3 is 2.14 bits per heavy atom. The maximum absolute atomic E-state index is 13.5. The van der Waals surface area contributed by atoms with Crippen molar-refractivity contribution in [2.24, 2.45) is 11.8 Å². The van der Waals surface area contributed by atoms with Crippen molar-refractivity contribution in [3.05, 3.63) is 71.4 Å². The molecule has 3 amide bonds. The lowest BCUT2D eigenvalue weighted by Gasteiger charge is -2.30. The topological polar surface area (TPSA) is 141 Å². The zero-order valence-electron chi connectivity index (χ0n) is 24.8. The molecule has 3 aromatic rings. The number of hydrogen-bond acceptors (Lipinski definition) is 6. The van der Waals surface area contributed by atoms with Crippen LogP contribution >= 0.6 is 0 Å². The van der Waals surface area contributed by atoms with Crippen LogP contribution in [0.1, 0.15) is 44.5 Å². The molecule has 4 rings (SSSR count). The number of para-hydroxylation sites is 1. The minimum Gasteiger partial charge on any atom is -0.467 e. The molecule has 5 N–H and O–H groups in total. The van der Waals surface area contributed by atoms with Crippen molar-refractivity contribution in [3.63, 3.8) is 0 Å². The molecule has 0 saturated heterocycles. The van der Waals surface area contributed by atoms with Gasteiger partial charge in [0.2, 0.25) is 17.7 Å². The summed E-state index contributed by atoms with van der Waals surface area (Å²) >= 11 is 0. The molecule has 10 heteroatoms. The third-order valence-corrected chi connectivity index (χ3v) is 7.73. The summed E-state index contributed by atoms with van der Waals surface area (Å²) in [6.45, 7) is 7.81. The second-order valence-corrected chi connectivity index (χ2v) is 11.5. The zero-order chi connectivity index (χ0) is 30.4. The number of amides is 3. The van der Waals surface area contributed by atoms with E-state index < -0.39 is 42.0 Å². The molecule has 4 atom stereocenters. The van der Waals surface area contributed by atoms with E-state index in [-0.39, 0.29) is 24.2 Å². The van der Waals surface area contributed by atoms with E-state index in [1.807, 2.05) is 82.3 Å². The van der Waals surface area contributed by atoms with Crippen LogP contribution in [0.2, 0.25) is 0 Å². The van der Waals surface area contributed by atoms with Crippen molar-refractivity contribution < 1.29 is 23.9 Å². The number of aromatic amines is 1. The van der Waals surface area contributed by atoms with Gasteiger partial charge < -0.3 is 25.7 Å². The summed E-state index contributed by atoms with van der Waals surface area (Å²) in [5, 5.41) is 12.9. The molecule has 0 spiro atoms. The number of fused-ring (bicyclic) bond motifs is 3. The Bertz CT molecular complexity index is 1420. The summed E-state index contributed by atoms with van der Waals surface area (Å²) < 4.78 is 4.92. The maximum atomic E-state index is 13.5. The summed E-state index contributed by atoms with van der Waals surface area (Å²) in [4.78, 5) is 56.1. The lowest BCUT2D eigenvalue weighted by Crippen LogP contribution is -2.60. The predicted octanol–water partition coefficient (Wildman–Crippen LogP) is 2.36. The Morgan fingerprint density at radius 1 is 0.857 bits per heavy atom. The fourth-order valence-corrected chi connectivity index (χ4v) is 5.34.